The first kappa shape index (κ1) is 10.1. The molecule has 0 radical (unpaired) electrons. The van der Waals surface area contributed by atoms with Crippen LogP contribution in [0.25, 0.3) is 11.4 Å². The van der Waals surface area contributed by atoms with Crippen LogP contribution in [-0.2, 0) is 6.67 Å². The summed E-state index contributed by atoms with van der Waals surface area (Å²) in [4.78, 5) is 3.86. The smallest absolute Gasteiger partial charge is 0.258 e. The first-order valence-corrected chi connectivity index (χ1v) is 4.73. The highest BCUT2D eigenvalue weighted by atomic mass is 35.5. The minimum absolute atomic E-state index is 0.0262. The fraction of sp³-hybridized carbons (Fsp3) is 0.200. The Hall–Kier alpha value is -1.42. The van der Waals surface area contributed by atoms with Crippen molar-refractivity contribution >= 4 is 11.6 Å². The van der Waals surface area contributed by atoms with E-state index in [-0.39, 0.29) is 5.89 Å². The molecule has 0 atom stereocenters. The minimum atomic E-state index is -0.757. The molecule has 2 rings (SSSR count). The molecule has 0 saturated carbocycles. The van der Waals surface area contributed by atoms with Crippen LogP contribution in [-0.4, -0.2) is 10.1 Å². The minimum Gasteiger partial charge on any atom is -0.336 e. The van der Waals surface area contributed by atoms with Crippen LogP contribution < -0.4 is 0 Å². The Morgan fingerprint density at radius 1 is 1.47 bits per heavy atom. The molecule has 0 fully saturated rings. The Balaban J connectivity index is 2.40. The number of aryl methyl sites for hydroxylation is 1. The Morgan fingerprint density at radius 3 is 2.87 bits per heavy atom. The van der Waals surface area contributed by atoms with Gasteiger partial charge in [0, 0.05) is 10.6 Å². The first-order chi connectivity index (χ1) is 7.20. The average Bonchev–Trinajstić information content (AvgIpc) is 2.70. The lowest BCUT2D eigenvalue weighted by atomic mass is 10.1. The van der Waals surface area contributed by atoms with Crippen molar-refractivity contribution in [3.63, 3.8) is 0 Å². The number of hydrogen-bond acceptors (Lipinski definition) is 3. The van der Waals surface area contributed by atoms with Crippen molar-refractivity contribution in [3.05, 3.63) is 34.7 Å². The molecule has 0 amide bonds. The van der Waals surface area contributed by atoms with Gasteiger partial charge in [0.25, 0.3) is 5.89 Å². The maximum Gasteiger partial charge on any atom is 0.258 e. The zero-order valence-electron chi connectivity index (χ0n) is 8.00. The van der Waals surface area contributed by atoms with Crippen LogP contribution in [0.2, 0.25) is 5.02 Å². The summed E-state index contributed by atoms with van der Waals surface area (Å²) in [5.74, 6) is 0.325. The second-order valence-electron chi connectivity index (χ2n) is 3.11. The van der Waals surface area contributed by atoms with Gasteiger partial charge in [-0.15, -0.1) is 0 Å². The summed E-state index contributed by atoms with van der Waals surface area (Å²) >= 11 is 5.94. The summed E-state index contributed by atoms with van der Waals surface area (Å²) in [5.41, 5.74) is 1.68. The van der Waals surface area contributed by atoms with Crippen molar-refractivity contribution in [2.75, 3.05) is 0 Å². The Labute approximate surface area is 90.9 Å². The van der Waals surface area contributed by atoms with E-state index in [1.54, 1.807) is 6.07 Å². The standard InChI is InChI=1S/C10H8ClFN2O/c1-6-2-3-7(4-8(6)11)10-13-9(5-12)15-14-10/h2-4H,5H2,1H3. The van der Waals surface area contributed by atoms with Gasteiger partial charge >= 0.3 is 0 Å². The summed E-state index contributed by atoms with van der Waals surface area (Å²) in [6.07, 6.45) is 0. The number of nitrogens with zero attached hydrogens (tertiary/aromatic N) is 2. The third-order valence-corrected chi connectivity index (χ3v) is 2.42. The van der Waals surface area contributed by atoms with E-state index in [2.05, 4.69) is 14.7 Å². The van der Waals surface area contributed by atoms with Crippen LogP contribution in [0.4, 0.5) is 4.39 Å². The fourth-order valence-electron chi connectivity index (χ4n) is 1.16. The Kier molecular flexibility index (Phi) is 2.68. The highest BCUT2D eigenvalue weighted by molar-refractivity contribution is 6.31. The van der Waals surface area contributed by atoms with E-state index in [1.165, 1.54) is 0 Å². The number of alkyl halides is 1. The van der Waals surface area contributed by atoms with E-state index >= 15 is 0 Å². The summed E-state index contributed by atoms with van der Waals surface area (Å²) in [6.45, 7) is 1.14. The van der Waals surface area contributed by atoms with Gasteiger partial charge in [-0.25, -0.2) is 4.39 Å². The quantitative estimate of drug-likeness (QED) is 0.790. The van der Waals surface area contributed by atoms with Crippen molar-refractivity contribution in [3.8, 4) is 11.4 Å². The van der Waals surface area contributed by atoms with Gasteiger partial charge in [-0.1, -0.05) is 28.9 Å². The molecule has 0 spiro atoms. The van der Waals surface area contributed by atoms with Crippen LogP contribution in [0.3, 0.4) is 0 Å². The van der Waals surface area contributed by atoms with Gasteiger partial charge in [0.15, 0.2) is 6.67 Å². The maximum atomic E-state index is 12.2. The SMILES string of the molecule is Cc1ccc(-c2noc(CF)n2)cc1Cl. The molecular weight excluding hydrogens is 219 g/mol. The van der Waals surface area contributed by atoms with Gasteiger partial charge in [-0.3, -0.25) is 0 Å². The topological polar surface area (TPSA) is 38.9 Å². The van der Waals surface area contributed by atoms with Crippen LogP contribution in [0, 0.1) is 6.92 Å². The lowest BCUT2D eigenvalue weighted by Crippen LogP contribution is -1.83. The van der Waals surface area contributed by atoms with E-state index in [0.29, 0.717) is 16.4 Å². The normalized spacial score (nSPS) is 10.6. The molecule has 0 aliphatic rings. The van der Waals surface area contributed by atoms with Crippen molar-refractivity contribution in [2.24, 2.45) is 0 Å². The number of aromatic nitrogens is 2. The molecule has 0 bridgehead atoms. The lowest BCUT2D eigenvalue weighted by Gasteiger charge is -1.98. The monoisotopic (exact) mass is 226 g/mol. The molecule has 0 saturated heterocycles. The highest BCUT2D eigenvalue weighted by Gasteiger charge is 2.08. The van der Waals surface area contributed by atoms with Crippen molar-refractivity contribution in [1.29, 1.82) is 0 Å². The largest absolute Gasteiger partial charge is 0.336 e. The number of rotatable bonds is 2. The third-order valence-electron chi connectivity index (χ3n) is 2.01. The highest BCUT2D eigenvalue weighted by Crippen LogP contribution is 2.23. The lowest BCUT2D eigenvalue weighted by molar-refractivity contribution is 0.323. The van der Waals surface area contributed by atoms with Gasteiger partial charge in [0.1, 0.15) is 0 Å². The predicted octanol–water partition coefficient (Wildman–Crippen LogP) is 3.17. The molecule has 78 valence electrons. The van der Waals surface area contributed by atoms with Crippen molar-refractivity contribution in [2.45, 2.75) is 13.6 Å². The predicted molar refractivity (Wildman–Crippen MR) is 54.3 cm³/mol. The van der Waals surface area contributed by atoms with Crippen LogP contribution in [0.15, 0.2) is 22.7 Å². The van der Waals surface area contributed by atoms with Crippen LogP contribution in [0.5, 0.6) is 0 Å². The van der Waals surface area contributed by atoms with Crippen LogP contribution in [0.1, 0.15) is 11.5 Å². The van der Waals surface area contributed by atoms with E-state index < -0.39 is 6.67 Å². The molecular formula is C10H8ClFN2O. The van der Waals surface area contributed by atoms with Gasteiger partial charge in [0.05, 0.1) is 0 Å². The molecule has 3 nitrogen and oxygen atoms in total. The summed E-state index contributed by atoms with van der Waals surface area (Å²) in [5, 5.41) is 4.27. The molecule has 15 heavy (non-hydrogen) atoms. The molecule has 2 aromatic rings. The molecule has 0 N–H and O–H groups in total. The molecule has 0 aliphatic heterocycles. The van der Waals surface area contributed by atoms with Crippen LogP contribution >= 0.6 is 11.6 Å². The number of halogens is 2. The second-order valence-corrected chi connectivity index (χ2v) is 3.52. The summed E-state index contributed by atoms with van der Waals surface area (Å²) in [7, 11) is 0. The van der Waals surface area contributed by atoms with E-state index in [9.17, 15) is 4.39 Å². The zero-order chi connectivity index (χ0) is 10.8. The molecule has 1 aromatic heterocycles. The van der Waals surface area contributed by atoms with Crippen molar-refractivity contribution in [1.82, 2.24) is 10.1 Å². The molecule has 0 unspecified atom stereocenters. The van der Waals surface area contributed by atoms with Gasteiger partial charge in [0.2, 0.25) is 5.82 Å². The average molecular weight is 227 g/mol. The van der Waals surface area contributed by atoms with Crippen molar-refractivity contribution < 1.29 is 8.91 Å². The third kappa shape index (κ3) is 1.99. The van der Waals surface area contributed by atoms with Gasteiger partial charge in [-0.2, -0.15) is 4.98 Å². The second kappa shape index (κ2) is 3.98. The Bertz CT molecular complexity index is 484. The molecule has 5 heteroatoms. The summed E-state index contributed by atoms with van der Waals surface area (Å²) in [6, 6.07) is 5.39. The molecule has 1 heterocycles. The van der Waals surface area contributed by atoms with E-state index in [4.69, 9.17) is 11.6 Å². The number of hydrogen-bond donors (Lipinski definition) is 0. The Morgan fingerprint density at radius 2 is 2.27 bits per heavy atom. The van der Waals surface area contributed by atoms with E-state index in [1.807, 2.05) is 19.1 Å². The zero-order valence-corrected chi connectivity index (χ0v) is 8.75. The fourth-order valence-corrected chi connectivity index (χ4v) is 1.34. The van der Waals surface area contributed by atoms with E-state index in [0.717, 1.165) is 5.56 Å². The maximum absolute atomic E-state index is 12.2. The first-order valence-electron chi connectivity index (χ1n) is 4.36. The number of benzene rings is 1. The molecule has 1 aromatic carbocycles. The van der Waals surface area contributed by atoms with Gasteiger partial charge < -0.3 is 4.52 Å². The van der Waals surface area contributed by atoms with Gasteiger partial charge in [-0.05, 0) is 18.6 Å². The molecule has 0 aliphatic carbocycles. The summed E-state index contributed by atoms with van der Waals surface area (Å²) < 4.78 is 16.8.